The summed E-state index contributed by atoms with van der Waals surface area (Å²) in [6.45, 7) is 0. The van der Waals surface area contributed by atoms with Gasteiger partial charge < -0.3 is 5.48 Å². The SMILES string of the molecule is O.O=S(=O)(O)O.[AlH3].[Co].[MgH2].[Ni]. The van der Waals surface area contributed by atoms with Crippen molar-refractivity contribution in [3.8, 4) is 0 Å². The van der Waals surface area contributed by atoms with Gasteiger partial charge in [0.1, 0.15) is 0 Å². The standard InChI is InChI=1S/Al.Co.Mg.Ni.H2O4S.H2O.5H/c;;;;1-5(2,3)4;;;;;;/h;;;;(H2,1,2,3,4);1H2;;;;;. The molecule has 69 valence electrons. The molecule has 0 unspecified atom stereocenters. The fraction of sp³-hybridized carbons (Fsp3) is 0. The van der Waals surface area contributed by atoms with Gasteiger partial charge in [0.15, 0.2) is 17.4 Å². The van der Waals surface area contributed by atoms with Gasteiger partial charge in [0.2, 0.25) is 0 Å². The zero-order valence-corrected chi connectivity index (χ0v) is 6.11. The molecule has 0 saturated heterocycles. The predicted molar refractivity (Wildman–Crippen MR) is 36.3 cm³/mol. The molecule has 10 heavy (non-hydrogen) atoms. The second-order valence-corrected chi connectivity index (χ2v) is 1.34. The summed E-state index contributed by atoms with van der Waals surface area (Å²) in [7, 11) is -4.67. The Labute approximate surface area is 106 Å². The minimum absolute atomic E-state index is 0. The third-order valence-electron chi connectivity index (χ3n) is 0. The molecule has 0 atom stereocenters. The van der Waals surface area contributed by atoms with Crippen molar-refractivity contribution in [3.63, 3.8) is 0 Å². The van der Waals surface area contributed by atoms with Crippen molar-refractivity contribution in [3.05, 3.63) is 0 Å². The third-order valence-corrected chi connectivity index (χ3v) is 0. The van der Waals surface area contributed by atoms with Crippen molar-refractivity contribution in [2.24, 2.45) is 0 Å². The van der Waals surface area contributed by atoms with Crippen LogP contribution in [0, 0.1) is 0 Å². The van der Waals surface area contributed by atoms with E-state index in [-0.39, 0.29) is 79.2 Å². The van der Waals surface area contributed by atoms with E-state index in [2.05, 4.69) is 0 Å². The van der Waals surface area contributed by atoms with Crippen molar-refractivity contribution in [1.29, 1.82) is 0 Å². The van der Waals surface area contributed by atoms with E-state index in [1.165, 1.54) is 0 Å². The Morgan fingerprint density at radius 2 is 1.10 bits per heavy atom. The molecule has 4 N–H and O–H groups in total. The van der Waals surface area contributed by atoms with Gasteiger partial charge in [-0.25, -0.2) is 0 Å². The van der Waals surface area contributed by atoms with Crippen LogP contribution in [-0.2, 0) is 43.7 Å². The van der Waals surface area contributed by atoms with Crippen molar-refractivity contribution in [2.75, 3.05) is 0 Å². The van der Waals surface area contributed by atoms with E-state index in [4.69, 9.17) is 17.5 Å². The van der Waals surface area contributed by atoms with Gasteiger partial charge in [-0.15, -0.1) is 0 Å². The molecular formula is H9AlCoMgNiO5S. The van der Waals surface area contributed by atoms with E-state index in [0.717, 1.165) is 0 Å². The molecule has 0 aliphatic heterocycles. The summed E-state index contributed by atoms with van der Waals surface area (Å²) >= 11 is 0. The van der Waals surface area contributed by atoms with Gasteiger partial charge in [-0.05, 0) is 0 Å². The van der Waals surface area contributed by atoms with Crippen LogP contribution in [0.2, 0.25) is 0 Å². The summed E-state index contributed by atoms with van der Waals surface area (Å²) in [6, 6.07) is 0. The number of rotatable bonds is 0. The van der Waals surface area contributed by atoms with Crippen molar-refractivity contribution >= 4 is 50.8 Å². The van der Waals surface area contributed by atoms with Crippen LogP contribution in [0.15, 0.2) is 0 Å². The zero-order chi connectivity index (χ0) is 4.50. The van der Waals surface area contributed by atoms with E-state index in [1.54, 1.807) is 0 Å². The smallest absolute Gasteiger partial charge is 0.394 e. The Morgan fingerprint density at radius 3 is 1.10 bits per heavy atom. The maximum Gasteiger partial charge on any atom is 0.394 e. The van der Waals surface area contributed by atoms with Crippen LogP contribution in [-0.4, -0.2) is 63.4 Å². The van der Waals surface area contributed by atoms with Crippen LogP contribution in [0.4, 0.5) is 0 Å². The second kappa shape index (κ2) is 17.3. The molecule has 0 aromatic rings. The molecule has 0 aromatic carbocycles. The zero-order valence-electron chi connectivity index (χ0n) is 3.27. The Morgan fingerprint density at radius 1 is 1.10 bits per heavy atom. The van der Waals surface area contributed by atoms with Crippen LogP contribution in [0.1, 0.15) is 0 Å². The molecule has 0 bridgehead atoms. The summed E-state index contributed by atoms with van der Waals surface area (Å²) in [4.78, 5) is 0. The van der Waals surface area contributed by atoms with Crippen molar-refractivity contribution in [1.82, 2.24) is 0 Å². The summed E-state index contributed by atoms with van der Waals surface area (Å²) in [5, 5.41) is 0. The van der Waals surface area contributed by atoms with Crippen LogP contribution < -0.4 is 0 Å². The molecule has 10 heteroatoms. The topological polar surface area (TPSA) is 106 Å². The van der Waals surface area contributed by atoms with Gasteiger partial charge in [-0.2, -0.15) is 8.42 Å². The fourth-order valence-electron chi connectivity index (χ4n) is 0. The van der Waals surface area contributed by atoms with E-state index >= 15 is 0 Å². The number of hydrogen-bond acceptors (Lipinski definition) is 2. The van der Waals surface area contributed by atoms with Gasteiger partial charge in [-0.3, -0.25) is 9.11 Å². The van der Waals surface area contributed by atoms with Crippen molar-refractivity contribution < 1.29 is 56.3 Å². The fourth-order valence-corrected chi connectivity index (χ4v) is 0. The first-order chi connectivity index (χ1) is 2.00. The van der Waals surface area contributed by atoms with Gasteiger partial charge in [0.05, 0.1) is 0 Å². The summed E-state index contributed by atoms with van der Waals surface area (Å²) < 4.78 is 31.6. The van der Waals surface area contributed by atoms with Crippen molar-refractivity contribution in [2.45, 2.75) is 0 Å². The molecule has 0 aromatic heterocycles. The largest absolute Gasteiger partial charge is 0.412 e. The van der Waals surface area contributed by atoms with Gasteiger partial charge >= 0.3 is 33.5 Å². The first-order valence-electron chi connectivity index (χ1n) is 0.698. The number of hydrogen-bond donors (Lipinski definition) is 2. The summed E-state index contributed by atoms with van der Waals surface area (Å²) in [5.41, 5.74) is 0. The molecule has 0 saturated carbocycles. The normalized spacial score (nSPS) is 5.80. The Balaban J connectivity index is -0.00000000800. The molecule has 0 amide bonds. The Hall–Kier alpha value is 2.13. The van der Waals surface area contributed by atoms with Crippen LogP contribution >= 0.6 is 0 Å². The monoisotopic (exact) mass is 289 g/mol. The second-order valence-electron chi connectivity index (χ2n) is 0.448. The molecule has 0 aliphatic rings. The van der Waals surface area contributed by atoms with Gasteiger partial charge in [0.25, 0.3) is 0 Å². The Bertz CT molecular complexity index is 105. The van der Waals surface area contributed by atoms with E-state index in [9.17, 15) is 0 Å². The van der Waals surface area contributed by atoms with E-state index in [1.807, 2.05) is 0 Å². The minimum atomic E-state index is -4.67. The van der Waals surface area contributed by atoms with Gasteiger partial charge in [-0.1, -0.05) is 0 Å². The van der Waals surface area contributed by atoms with E-state index < -0.39 is 10.4 Å². The van der Waals surface area contributed by atoms with Crippen LogP contribution in [0.25, 0.3) is 0 Å². The average Bonchev–Trinajstić information content (AvgIpc) is 0.722. The predicted octanol–water partition coefficient (Wildman–Crippen LogP) is -3.58. The first-order valence-corrected chi connectivity index (χ1v) is 2.10. The van der Waals surface area contributed by atoms with Crippen LogP contribution in [0.3, 0.4) is 0 Å². The summed E-state index contributed by atoms with van der Waals surface area (Å²) in [5.74, 6) is 0. The molecule has 5 nitrogen and oxygen atoms in total. The molecule has 1 radical (unpaired) electrons. The third kappa shape index (κ3) is 186. The average molecular weight is 290 g/mol. The first kappa shape index (κ1) is 40.0. The Kier molecular flexibility index (Phi) is 69.1. The quantitative estimate of drug-likeness (QED) is 0.355. The molecular weight excluding hydrogens is 281 g/mol. The van der Waals surface area contributed by atoms with Gasteiger partial charge in [0, 0.05) is 33.3 Å². The maximum absolute atomic E-state index is 8.74. The summed E-state index contributed by atoms with van der Waals surface area (Å²) in [6.07, 6.45) is 0. The molecule has 0 spiro atoms. The molecule has 0 aliphatic carbocycles. The minimum Gasteiger partial charge on any atom is -0.412 e. The van der Waals surface area contributed by atoms with Crippen LogP contribution in [0.5, 0.6) is 0 Å². The molecule has 0 fully saturated rings. The molecule has 0 heterocycles. The maximum atomic E-state index is 8.74. The molecule has 0 rings (SSSR count). The van der Waals surface area contributed by atoms with E-state index in [0.29, 0.717) is 0 Å².